The molecule has 1 aromatic carbocycles. The molecule has 0 saturated carbocycles. The van der Waals surface area contributed by atoms with Crippen molar-refractivity contribution in [2.75, 3.05) is 20.2 Å². The molecule has 14 heavy (non-hydrogen) atoms. The maximum Gasteiger partial charge on any atom is 0.254 e. The lowest BCUT2D eigenvalue weighted by Crippen LogP contribution is -2.29. The number of amides is 1. The molecule has 0 aliphatic carbocycles. The van der Waals surface area contributed by atoms with Crippen molar-refractivity contribution in [1.29, 1.82) is 0 Å². The first-order valence-electron chi connectivity index (χ1n) is 4.27. The summed E-state index contributed by atoms with van der Waals surface area (Å²) in [6.45, 7) is 0.357. The first-order chi connectivity index (χ1) is 6.66. The Kier molecular flexibility index (Phi) is 4.34. The van der Waals surface area contributed by atoms with Crippen LogP contribution in [0.3, 0.4) is 0 Å². The third-order valence-corrected chi connectivity index (χ3v) is 2.83. The van der Waals surface area contributed by atoms with Gasteiger partial charge in [-0.15, -0.1) is 0 Å². The molecule has 0 aliphatic rings. The Labute approximate surface area is 96.9 Å². The van der Waals surface area contributed by atoms with Gasteiger partial charge in [-0.1, -0.05) is 12.1 Å². The van der Waals surface area contributed by atoms with Crippen molar-refractivity contribution in [2.45, 2.75) is 0 Å². The van der Waals surface area contributed by atoms with E-state index in [1.54, 1.807) is 13.1 Å². The summed E-state index contributed by atoms with van der Waals surface area (Å²) in [5.74, 6) is -0.0518. The molecule has 0 aromatic heterocycles. The minimum absolute atomic E-state index is 0.00828. The molecule has 0 bridgehead atoms. The lowest BCUT2D eigenvalue weighted by molar-refractivity contribution is 0.0766. The number of carbonyl (C=O) groups excluding carboxylic acids is 1. The van der Waals surface area contributed by atoms with Crippen LogP contribution in [0.4, 0.5) is 0 Å². The van der Waals surface area contributed by atoms with Gasteiger partial charge >= 0.3 is 0 Å². The topological polar surface area (TPSA) is 40.5 Å². The molecule has 0 spiro atoms. The van der Waals surface area contributed by atoms with Gasteiger partial charge in [0.1, 0.15) is 0 Å². The van der Waals surface area contributed by atoms with Gasteiger partial charge in [-0.05, 0) is 34.7 Å². The number of aliphatic hydroxyl groups excluding tert-OH is 1. The van der Waals surface area contributed by atoms with E-state index in [1.165, 1.54) is 4.90 Å². The summed E-state index contributed by atoms with van der Waals surface area (Å²) in [6.07, 6.45) is 0. The van der Waals surface area contributed by atoms with Gasteiger partial charge in [-0.25, -0.2) is 0 Å². The van der Waals surface area contributed by atoms with Crippen LogP contribution in [0.5, 0.6) is 0 Å². The highest BCUT2D eigenvalue weighted by Crippen LogP contribution is 2.13. The largest absolute Gasteiger partial charge is 0.395 e. The molecule has 0 radical (unpaired) electrons. The number of likely N-dealkylation sites (N-methyl/N-ethyl adjacent to an activating group) is 1. The molecule has 0 heterocycles. The molecule has 76 valence electrons. The number of benzene rings is 1. The normalized spacial score (nSPS) is 9.93. The fourth-order valence-electron chi connectivity index (χ4n) is 1.09. The van der Waals surface area contributed by atoms with Crippen LogP contribution in [-0.2, 0) is 0 Å². The van der Waals surface area contributed by atoms with Gasteiger partial charge in [0.15, 0.2) is 0 Å². The maximum atomic E-state index is 11.8. The van der Waals surface area contributed by atoms with Crippen LogP contribution in [0.15, 0.2) is 24.3 Å². The van der Waals surface area contributed by atoms with Gasteiger partial charge < -0.3 is 10.0 Å². The fraction of sp³-hybridized carbons (Fsp3) is 0.300. The highest BCUT2D eigenvalue weighted by Gasteiger charge is 2.12. The summed E-state index contributed by atoms with van der Waals surface area (Å²) in [5.41, 5.74) is 0.684. The summed E-state index contributed by atoms with van der Waals surface area (Å²) in [7, 11) is 1.68. The van der Waals surface area contributed by atoms with Crippen LogP contribution >= 0.6 is 22.6 Å². The van der Waals surface area contributed by atoms with Crippen molar-refractivity contribution in [1.82, 2.24) is 4.90 Å². The average Bonchev–Trinajstić information content (AvgIpc) is 2.18. The van der Waals surface area contributed by atoms with E-state index in [2.05, 4.69) is 22.6 Å². The molecule has 1 N–H and O–H groups in total. The Hall–Kier alpha value is -0.620. The van der Waals surface area contributed by atoms with E-state index in [9.17, 15) is 4.79 Å². The number of hydrogen-bond acceptors (Lipinski definition) is 2. The average molecular weight is 305 g/mol. The molecule has 0 aliphatic heterocycles. The molecule has 1 amide bonds. The van der Waals surface area contributed by atoms with Gasteiger partial charge in [0, 0.05) is 17.2 Å². The maximum absolute atomic E-state index is 11.8. The lowest BCUT2D eigenvalue weighted by atomic mass is 10.2. The molecule has 4 heteroatoms. The third kappa shape index (κ3) is 2.68. The quantitative estimate of drug-likeness (QED) is 0.857. The Morgan fingerprint density at radius 3 is 2.71 bits per heavy atom. The summed E-state index contributed by atoms with van der Waals surface area (Å²) < 4.78 is 0.930. The van der Waals surface area contributed by atoms with Gasteiger partial charge in [0.2, 0.25) is 0 Å². The molecular weight excluding hydrogens is 293 g/mol. The van der Waals surface area contributed by atoms with Crippen molar-refractivity contribution < 1.29 is 9.90 Å². The first kappa shape index (κ1) is 11.5. The van der Waals surface area contributed by atoms with Crippen molar-refractivity contribution >= 4 is 28.5 Å². The molecular formula is C10H12INO2. The predicted molar refractivity (Wildman–Crippen MR) is 63.2 cm³/mol. The van der Waals surface area contributed by atoms with Crippen LogP contribution in [0.25, 0.3) is 0 Å². The van der Waals surface area contributed by atoms with E-state index in [0.717, 1.165) is 3.57 Å². The Morgan fingerprint density at radius 1 is 1.50 bits per heavy atom. The highest BCUT2D eigenvalue weighted by molar-refractivity contribution is 14.1. The monoisotopic (exact) mass is 305 g/mol. The Morgan fingerprint density at radius 2 is 2.14 bits per heavy atom. The van der Waals surface area contributed by atoms with Crippen molar-refractivity contribution in [3.63, 3.8) is 0 Å². The second kappa shape index (κ2) is 5.31. The molecule has 1 rings (SSSR count). The van der Waals surface area contributed by atoms with Gasteiger partial charge in [-0.3, -0.25) is 4.79 Å². The van der Waals surface area contributed by atoms with Crippen LogP contribution in [0.2, 0.25) is 0 Å². The zero-order valence-corrected chi connectivity index (χ0v) is 10.1. The number of nitrogens with zero attached hydrogens (tertiary/aromatic N) is 1. The summed E-state index contributed by atoms with van der Waals surface area (Å²) in [4.78, 5) is 13.3. The molecule has 0 fully saturated rings. The van der Waals surface area contributed by atoms with Crippen molar-refractivity contribution in [3.8, 4) is 0 Å². The van der Waals surface area contributed by atoms with E-state index in [4.69, 9.17) is 5.11 Å². The molecule has 3 nitrogen and oxygen atoms in total. The molecule has 0 unspecified atom stereocenters. The van der Waals surface area contributed by atoms with Crippen LogP contribution in [0, 0.1) is 3.57 Å². The highest BCUT2D eigenvalue weighted by atomic mass is 127. The summed E-state index contributed by atoms with van der Waals surface area (Å²) in [6, 6.07) is 7.41. The molecule has 1 aromatic rings. The van der Waals surface area contributed by atoms with E-state index in [-0.39, 0.29) is 12.5 Å². The number of carbonyl (C=O) groups is 1. The smallest absolute Gasteiger partial charge is 0.254 e. The van der Waals surface area contributed by atoms with E-state index >= 15 is 0 Å². The second-order valence-electron chi connectivity index (χ2n) is 2.93. The SMILES string of the molecule is CN(CCO)C(=O)c1ccccc1I. The number of rotatable bonds is 3. The van der Waals surface area contributed by atoms with E-state index in [0.29, 0.717) is 12.1 Å². The van der Waals surface area contributed by atoms with Crippen molar-refractivity contribution in [2.24, 2.45) is 0 Å². The molecule has 0 saturated heterocycles. The zero-order chi connectivity index (χ0) is 10.6. The van der Waals surface area contributed by atoms with Gasteiger partial charge in [0.25, 0.3) is 5.91 Å². The summed E-state index contributed by atoms with van der Waals surface area (Å²) in [5, 5.41) is 8.71. The third-order valence-electron chi connectivity index (χ3n) is 1.89. The fourth-order valence-corrected chi connectivity index (χ4v) is 1.71. The van der Waals surface area contributed by atoms with E-state index < -0.39 is 0 Å². The minimum atomic E-state index is -0.0518. The van der Waals surface area contributed by atoms with Crippen LogP contribution in [-0.4, -0.2) is 36.1 Å². The number of aliphatic hydroxyl groups is 1. The lowest BCUT2D eigenvalue weighted by Gasteiger charge is -2.16. The van der Waals surface area contributed by atoms with Crippen molar-refractivity contribution in [3.05, 3.63) is 33.4 Å². The Bertz CT molecular complexity index is 328. The van der Waals surface area contributed by atoms with Crippen LogP contribution in [0.1, 0.15) is 10.4 Å². The standard InChI is InChI=1S/C10H12INO2/c1-12(6-7-13)10(14)8-4-2-3-5-9(8)11/h2-5,13H,6-7H2,1H3. The number of halogens is 1. The first-order valence-corrected chi connectivity index (χ1v) is 5.35. The van der Waals surface area contributed by atoms with E-state index in [1.807, 2.05) is 18.2 Å². The predicted octanol–water partition coefficient (Wildman–Crippen LogP) is 1.36. The second-order valence-corrected chi connectivity index (χ2v) is 4.09. The number of hydrogen-bond donors (Lipinski definition) is 1. The Balaban J connectivity index is 2.84. The molecule has 0 atom stereocenters. The van der Waals surface area contributed by atoms with Gasteiger partial charge in [-0.2, -0.15) is 0 Å². The van der Waals surface area contributed by atoms with Crippen LogP contribution < -0.4 is 0 Å². The van der Waals surface area contributed by atoms with Gasteiger partial charge in [0.05, 0.1) is 12.2 Å². The summed E-state index contributed by atoms with van der Waals surface area (Å²) >= 11 is 2.13. The minimum Gasteiger partial charge on any atom is -0.395 e. The zero-order valence-electron chi connectivity index (χ0n) is 7.90.